The summed E-state index contributed by atoms with van der Waals surface area (Å²) in [6.07, 6.45) is 0.826. The van der Waals surface area contributed by atoms with Crippen molar-refractivity contribution in [2.75, 3.05) is 31.2 Å². The number of hydrogen-bond donors (Lipinski definition) is 1. The van der Waals surface area contributed by atoms with E-state index in [0.29, 0.717) is 32.1 Å². The summed E-state index contributed by atoms with van der Waals surface area (Å²) in [6.45, 7) is 4.42. The van der Waals surface area contributed by atoms with Gasteiger partial charge in [-0.25, -0.2) is 4.79 Å². The number of carbonyl (C=O) groups is 1. The van der Waals surface area contributed by atoms with Gasteiger partial charge in [-0.15, -0.1) is 15.0 Å². The van der Waals surface area contributed by atoms with Gasteiger partial charge in [-0.3, -0.25) is 0 Å². The van der Waals surface area contributed by atoms with E-state index >= 15 is 0 Å². The lowest BCUT2D eigenvalue weighted by atomic mass is 10.1. The molecule has 0 atom stereocenters. The minimum atomic E-state index is -1.07. The van der Waals surface area contributed by atoms with Crippen LogP contribution in [0, 0.1) is 0 Å². The maximum Gasteiger partial charge on any atom is 0.360 e. The Morgan fingerprint density at radius 1 is 1.27 bits per heavy atom. The molecule has 0 saturated carbocycles. The van der Waals surface area contributed by atoms with Crippen LogP contribution in [0.3, 0.4) is 0 Å². The Balaban J connectivity index is 2.04. The minimum Gasteiger partial charge on any atom is -0.476 e. The van der Waals surface area contributed by atoms with Crippen molar-refractivity contribution in [3.05, 3.63) is 35.5 Å². The molecule has 1 aromatic carbocycles. The molecule has 1 saturated heterocycles. The zero-order valence-corrected chi connectivity index (χ0v) is 12.4. The van der Waals surface area contributed by atoms with Crippen LogP contribution >= 0.6 is 0 Å². The lowest BCUT2D eigenvalue weighted by Gasteiger charge is -2.26. The van der Waals surface area contributed by atoms with Gasteiger partial charge >= 0.3 is 5.97 Å². The average molecular weight is 302 g/mol. The number of anilines is 1. The van der Waals surface area contributed by atoms with Crippen molar-refractivity contribution in [2.45, 2.75) is 13.3 Å². The summed E-state index contributed by atoms with van der Waals surface area (Å²) >= 11 is 0. The highest BCUT2D eigenvalue weighted by molar-refractivity contribution is 5.91. The zero-order chi connectivity index (χ0) is 15.5. The molecule has 2 heterocycles. The summed E-state index contributed by atoms with van der Waals surface area (Å²) < 4.78 is 5.31. The van der Waals surface area contributed by atoms with Crippen molar-refractivity contribution in [3.63, 3.8) is 0 Å². The molecule has 0 unspecified atom stereocenters. The average Bonchev–Trinajstić information content (AvgIpc) is 3.01. The van der Waals surface area contributed by atoms with Gasteiger partial charge in [0, 0.05) is 13.1 Å². The number of rotatable bonds is 4. The molecule has 0 bridgehead atoms. The molecule has 2 aromatic rings. The highest BCUT2D eigenvalue weighted by atomic mass is 16.5. The minimum absolute atomic E-state index is 0.0205. The third kappa shape index (κ3) is 2.67. The molecule has 7 nitrogen and oxygen atoms in total. The van der Waals surface area contributed by atoms with E-state index in [4.69, 9.17) is 4.74 Å². The predicted molar refractivity (Wildman–Crippen MR) is 80.7 cm³/mol. The molecule has 0 radical (unpaired) electrons. The second kappa shape index (κ2) is 6.15. The van der Waals surface area contributed by atoms with E-state index in [1.165, 1.54) is 4.80 Å². The largest absolute Gasteiger partial charge is 0.476 e. The standard InChI is InChI=1S/C15H18N4O3/c1-2-11-5-3-4-6-12(11)19-16-13(15(20)21)14(17-19)18-7-9-22-10-8-18/h3-6H,2,7-10H2,1H3,(H,20,21). The normalized spacial score (nSPS) is 15.0. The number of carboxylic acids is 1. The molecule has 7 heteroatoms. The fourth-order valence-corrected chi connectivity index (χ4v) is 2.54. The van der Waals surface area contributed by atoms with Crippen molar-refractivity contribution in [1.29, 1.82) is 0 Å². The molecule has 0 spiro atoms. The molecular formula is C15H18N4O3. The van der Waals surface area contributed by atoms with E-state index < -0.39 is 5.97 Å². The Morgan fingerprint density at radius 3 is 2.68 bits per heavy atom. The van der Waals surface area contributed by atoms with Crippen LogP contribution in [0.25, 0.3) is 5.69 Å². The summed E-state index contributed by atoms with van der Waals surface area (Å²) in [7, 11) is 0. The monoisotopic (exact) mass is 302 g/mol. The summed E-state index contributed by atoms with van der Waals surface area (Å²) in [4.78, 5) is 14.8. The molecule has 116 valence electrons. The predicted octanol–water partition coefficient (Wildman–Crippen LogP) is 1.36. The number of morpholine rings is 1. The molecule has 0 aliphatic carbocycles. The Hall–Kier alpha value is -2.41. The van der Waals surface area contributed by atoms with Gasteiger partial charge in [-0.05, 0) is 18.1 Å². The number of aryl methyl sites for hydroxylation is 1. The fraction of sp³-hybridized carbons (Fsp3) is 0.400. The second-order valence-electron chi connectivity index (χ2n) is 5.05. The van der Waals surface area contributed by atoms with Gasteiger partial charge in [0.05, 0.1) is 18.9 Å². The number of ether oxygens (including phenoxy) is 1. The molecule has 1 aliphatic rings. The van der Waals surface area contributed by atoms with E-state index in [1.807, 2.05) is 36.1 Å². The quantitative estimate of drug-likeness (QED) is 0.918. The Morgan fingerprint density at radius 2 is 2.00 bits per heavy atom. The maximum atomic E-state index is 11.5. The van der Waals surface area contributed by atoms with Gasteiger partial charge in [0.2, 0.25) is 5.69 Å². The van der Waals surface area contributed by atoms with E-state index in [-0.39, 0.29) is 5.69 Å². The molecule has 1 aliphatic heterocycles. The smallest absolute Gasteiger partial charge is 0.360 e. The van der Waals surface area contributed by atoms with Gasteiger partial charge in [-0.1, -0.05) is 25.1 Å². The highest BCUT2D eigenvalue weighted by Crippen LogP contribution is 2.21. The van der Waals surface area contributed by atoms with Crippen molar-refractivity contribution < 1.29 is 14.6 Å². The number of benzene rings is 1. The fourth-order valence-electron chi connectivity index (χ4n) is 2.54. The van der Waals surface area contributed by atoms with E-state index in [1.54, 1.807) is 0 Å². The van der Waals surface area contributed by atoms with Crippen LogP contribution in [0.2, 0.25) is 0 Å². The van der Waals surface area contributed by atoms with E-state index in [9.17, 15) is 9.90 Å². The Kier molecular flexibility index (Phi) is 4.06. The lowest BCUT2D eigenvalue weighted by molar-refractivity contribution is 0.0689. The summed E-state index contributed by atoms with van der Waals surface area (Å²) in [5.41, 5.74) is 1.86. The number of nitrogens with zero attached hydrogens (tertiary/aromatic N) is 4. The van der Waals surface area contributed by atoms with Crippen molar-refractivity contribution in [1.82, 2.24) is 15.0 Å². The summed E-state index contributed by atoms with van der Waals surface area (Å²) in [6, 6.07) is 7.74. The first-order valence-corrected chi connectivity index (χ1v) is 7.32. The molecule has 22 heavy (non-hydrogen) atoms. The van der Waals surface area contributed by atoms with Crippen LogP contribution in [-0.4, -0.2) is 52.4 Å². The zero-order valence-electron chi connectivity index (χ0n) is 12.4. The van der Waals surface area contributed by atoms with Gasteiger partial charge in [0.15, 0.2) is 5.82 Å². The van der Waals surface area contributed by atoms with Crippen molar-refractivity contribution in [3.8, 4) is 5.69 Å². The van der Waals surface area contributed by atoms with Gasteiger partial charge < -0.3 is 14.7 Å². The third-order valence-electron chi connectivity index (χ3n) is 3.70. The summed E-state index contributed by atoms with van der Waals surface area (Å²) in [5.74, 6) is -0.663. The van der Waals surface area contributed by atoms with Crippen LogP contribution in [0.1, 0.15) is 23.0 Å². The van der Waals surface area contributed by atoms with Crippen LogP contribution in [-0.2, 0) is 11.2 Å². The lowest BCUT2D eigenvalue weighted by Crippen LogP contribution is -2.37. The molecular weight excluding hydrogens is 284 g/mol. The SMILES string of the molecule is CCc1ccccc1-n1nc(C(=O)O)c(N2CCOCC2)n1. The van der Waals surface area contributed by atoms with E-state index in [0.717, 1.165) is 17.7 Å². The number of aromatic carboxylic acids is 1. The maximum absolute atomic E-state index is 11.5. The van der Waals surface area contributed by atoms with Gasteiger partial charge in [0.1, 0.15) is 0 Å². The molecule has 3 rings (SSSR count). The molecule has 1 fully saturated rings. The number of hydrogen-bond acceptors (Lipinski definition) is 5. The highest BCUT2D eigenvalue weighted by Gasteiger charge is 2.25. The number of aromatic nitrogens is 3. The van der Waals surface area contributed by atoms with Crippen LogP contribution < -0.4 is 4.90 Å². The van der Waals surface area contributed by atoms with Crippen LogP contribution in [0.5, 0.6) is 0 Å². The topological polar surface area (TPSA) is 80.5 Å². The van der Waals surface area contributed by atoms with E-state index in [2.05, 4.69) is 10.2 Å². The molecule has 1 N–H and O–H groups in total. The van der Waals surface area contributed by atoms with Crippen molar-refractivity contribution >= 4 is 11.8 Å². The number of para-hydroxylation sites is 1. The van der Waals surface area contributed by atoms with Crippen molar-refractivity contribution in [2.24, 2.45) is 0 Å². The second-order valence-corrected chi connectivity index (χ2v) is 5.05. The van der Waals surface area contributed by atoms with Crippen LogP contribution in [0.4, 0.5) is 5.82 Å². The van der Waals surface area contributed by atoms with Crippen LogP contribution in [0.15, 0.2) is 24.3 Å². The first-order valence-electron chi connectivity index (χ1n) is 7.32. The molecule has 1 aromatic heterocycles. The summed E-state index contributed by atoms with van der Waals surface area (Å²) in [5, 5.41) is 18.0. The molecule has 0 amide bonds. The first-order chi connectivity index (χ1) is 10.7. The Labute approximate surface area is 128 Å². The Bertz CT molecular complexity index is 677. The third-order valence-corrected chi connectivity index (χ3v) is 3.70. The first kappa shape index (κ1) is 14.5. The number of carboxylic acid groups (broad SMARTS) is 1. The van der Waals surface area contributed by atoms with Gasteiger partial charge in [-0.2, -0.15) is 0 Å². The van der Waals surface area contributed by atoms with Gasteiger partial charge in [0.25, 0.3) is 0 Å².